The summed E-state index contributed by atoms with van der Waals surface area (Å²) < 4.78 is 1.59. The zero-order valence-corrected chi connectivity index (χ0v) is 7.12. The van der Waals surface area contributed by atoms with Gasteiger partial charge in [-0.1, -0.05) is 22.6 Å². The third kappa shape index (κ3) is 2.81. The summed E-state index contributed by atoms with van der Waals surface area (Å²) in [4.78, 5) is 10.2. The van der Waals surface area contributed by atoms with E-state index in [1.54, 1.807) is 4.08 Å². The molecule has 0 rings (SSSR count). The molecule has 0 saturated carbocycles. The molecular formula is C5H8INO2. The molecule has 0 saturated heterocycles. The number of carbonyl (C=O) groups is 1. The minimum atomic E-state index is -1.22. The van der Waals surface area contributed by atoms with Crippen LogP contribution in [0, 0.1) is 0 Å². The Morgan fingerprint density at radius 1 is 1.89 bits per heavy atom. The smallest absolute Gasteiger partial charge is 0.327 e. The van der Waals surface area contributed by atoms with Gasteiger partial charge in [-0.15, -0.1) is 0 Å². The van der Waals surface area contributed by atoms with E-state index in [-0.39, 0.29) is 0 Å². The zero-order valence-electron chi connectivity index (χ0n) is 4.97. The van der Waals surface area contributed by atoms with Crippen LogP contribution >= 0.6 is 22.6 Å². The molecule has 0 aromatic heterocycles. The molecule has 0 radical (unpaired) electrons. The Balaban J connectivity index is 4.19. The van der Waals surface area contributed by atoms with Crippen molar-refractivity contribution in [1.82, 2.24) is 0 Å². The summed E-state index contributed by atoms with van der Waals surface area (Å²) in [5.74, 6) is -1.02. The maximum absolute atomic E-state index is 10.2. The van der Waals surface area contributed by atoms with Crippen LogP contribution in [0.4, 0.5) is 0 Å². The van der Waals surface area contributed by atoms with Gasteiger partial charge in [-0.05, 0) is 17.1 Å². The summed E-state index contributed by atoms with van der Waals surface area (Å²) in [6.45, 7) is 1.44. The quantitative estimate of drug-likeness (QED) is 0.700. The lowest BCUT2D eigenvalue weighted by Gasteiger charge is -2.11. The summed E-state index contributed by atoms with van der Waals surface area (Å²) >= 11 is 1.92. The van der Waals surface area contributed by atoms with Crippen LogP contribution in [-0.2, 0) is 4.79 Å². The van der Waals surface area contributed by atoms with Gasteiger partial charge < -0.3 is 10.8 Å². The van der Waals surface area contributed by atoms with Crippen molar-refractivity contribution in [3.63, 3.8) is 0 Å². The topological polar surface area (TPSA) is 63.3 Å². The van der Waals surface area contributed by atoms with Crippen LogP contribution in [0.2, 0.25) is 0 Å². The van der Waals surface area contributed by atoms with Crippen molar-refractivity contribution in [2.45, 2.75) is 12.5 Å². The fourth-order valence-corrected chi connectivity index (χ4v) is 0.949. The number of rotatable bonds is 2. The number of hydrogen-bond acceptors (Lipinski definition) is 2. The van der Waals surface area contributed by atoms with E-state index in [0.717, 1.165) is 0 Å². The molecule has 52 valence electrons. The molecule has 0 aromatic carbocycles. The molecule has 0 fully saturated rings. The van der Waals surface area contributed by atoms with Crippen LogP contribution in [0.3, 0.4) is 0 Å². The number of carboxylic acids is 1. The first kappa shape index (κ1) is 8.90. The molecule has 0 aliphatic carbocycles. The van der Waals surface area contributed by atoms with E-state index >= 15 is 0 Å². The Morgan fingerprint density at radius 2 is 2.33 bits per heavy atom. The molecular weight excluding hydrogens is 233 g/mol. The van der Waals surface area contributed by atoms with Crippen LogP contribution in [0.15, 0.2) is 10.2 Å². The average molecular weight is 241 g/mol. The average Bonchev–Trinajstić information content (AvgIpc) is 1.65. The van der Waals surface area contributed by atoms with Gasteiger partial charge in [0.25, 0.3) is 0 Å². The van der Waals surface area contributed by atoms with Gasteiger partial charge in [-0.2, -0.15) is 0 Å². The molecule has 0 heterocycles. The first-order chi connectivity index (χ1) is 4.00. The lowest BCUT2D eigenvalue weighted by atomic mass is 10.1. The number of hydrogen-bond donors (Lipinski definition) is 2. The fraction of sp³-hybridized carbons (Fsp3) is 0.400. The van der Waals surface area contributed by atoms with Crippen LogP contribution in [-0.4, -0.2) is 16.6 Å². The standard InChI is InChI=1S/C5H8INO2/c1-5(7,2-3-6)4(8)9/h2-3H,7H2,1H3,(H,8,9)/b3-2+. The molecule has 1 unspecified atom stereocenters. The lowest BCUT2D eigenvalue weighted by Crippen LogP contribution is -2.42. The van der Waals surface area contributed by atoms with Gasteiger partial charge in [0.15, 0.2) is 0 Å². The molecule has 3 N–H and O–H groups in total. The van der Waals surface area contributed by atoms with Gasteiger partial charge >= 0.3 is 5.97 Å². The second-order valence-electron chi connectivity index (χ2n) is 1.88. The van der Waals surface area contributed by atoms with E-state index in [4.69, 9.17) is 10.8 Å². The molecule has 0 aromatic rings. The van der Waals surface area contributed by atoms with E-state index in [9.17, 15) is 4.79 Å². The van der Waals surface area contributed by atoms with Gasteiger partial charge in [0.1, 0.15) is 5.54 Å². The molecule has 0 bridgehead atoms. The molecule has 4 heteroatoms. The van der Waals surface area contributed by atoms with Gasteiger partial charge in [-0.3, -0.25) is 0 Å². The first-order valence-corrected chi connectivity index (χ1v) is 3.55. The molecule has 9 heavy (non-hydrogen) atoms. The molecule has 0 amide bonds. The van der Waals surface area contributed by atoms with Crippen LogP contribution in [0.5, 0.6) is 0 Å². The highest BCUT2D eigenvalue weighted by Crippen LogP contribution is 2.02. The van der Waals surface area contributed by atoms with E-state index in [1.165, 1.54) is 13.0 Å². The molecule has 0 aliphatic rings. The van der Waals surface area contributed by atoms with Crippen LogP contribution < -0.4 is 5.73 Å². The lowest BCUT2D eigenvalue weighted by molar-refractivity contribution is -0.140. The van der Waals surface area contributed by atoms with Gasteiger partial charge in [-0.25, -0.2) is 4.79 Å². The summed E-state index contributed by atoms with van der Waals surface area (Å²) in [6, 6.07) is 0. The van der Waals surface area contributed by atoms with Gasteiger partial charge in [0.2, 0.25) is 0 Å². The maximum atomic E-state index is 10.2. The second kappa shape index (κ2) is 3.17. The minimum absolute atomic E-state index is 1.02. The van der Waals surface area contributed by atoms with E-state index in [1.807, 2.05) is 22.6 Å². The van der Waals surface area contributed by atoms with Gasteiger partial charge in [0, 0.05) is 0 Å². The Labute approximate surface area is 67.1 Å². The Morgan fingerprint density at radius 3 is 2.44 bits per heavy atom. The number of carboxylic acid groups (broad SMARTS) is 1. The van der Waals surface area contributed by atoms with E-state index < -0.39 is 11.5 Å². The molecule has 0 spiro atoms. The normalized spacial score (nSPS) is 17.7. The van der Waals surface area contributed by atoms with Crippen molar-refractivity contribution < 1.29 is 9.90 Å². The predicted molar refractivity (Wildman–Crippen MR) is 43.4 cm³/mol. The highest BCUT2D eigenvalue weighted by molar-refractivity contribution is 14.1. The van der Waals surface area contributed by atoms with E-state index in [0.29, 0.717) is 0 Å². The Bertz CT molecular complexity index is 142. The molecule has 0 aliphatic heterocycles. The maximum Gasteiger partial charge on any atom is 0.327 e. The summed E-state index contributed by atoms with van der Waals surface area (Å²) in [7, 11) is 0. The second-order valence-corrected chi connectivity index (χ2v) is 2.60. The minimum Gasteiger partial charge on any atom is -0.480 e. The monoisotopic (exact) mass is 241 g/mol. The van der Waals surface area contributed by atoms with Crippen molar-refractivity contribution in [2.24, 2.45) is 5.73 Å². The van der Waals surface area contributed by atoms with Crippen molar-refractivity contribution in [3.05, 3.63) is 10.2 Å². The fourth-order valence-electron chi connectivity index (χ4n) is 0.202. The van der Waals surface area contributed by atoms with Crippen LogP contribution in [0.1, 0.15) is 6.92 Å². The third-order valence-corrected chi connectivity index (χ3v) is 1.23. The van der Waals surface area contributed by atoms with Crippen molar-refractivity contribution >= 4 is 28.6 Å². The van der Waals surface area contributed by atoms with Gasteiger partial charge in [0.05, 0.1) is 0 Å². The van der Waals surface area contributed by atoms with Crippen molar-refractivity contribution in [2.75, 3.05) is 0 Å². The molecule has 3 nitrogen and oxygen atoms in total. The summed E-state index contributed by atoms with van der Waals surface area (Å²) in [6.07, 6.45) is 1.43. The first-order valence-electron chi connectivity index (χ1n) is 2.31. The summed E-state index contributed by atoms with van der Waals surface area (Å²) in [5, 5.41) is 8.39. The Kier molecular flexibility index (Phi) is 3.13. The zero-order chi connectivity index (χ0) is 7.49. The SMILES string of the molecule is CC(N)(/C=C/I)C(=O)O. The van der Waals surface area contributed by atoms with E-state index in [2.05, 4.69) is 0 Å². The largest absolute Gasteiger partial charge is 0.480 e. The highest BCUT2D eigenvalue weighted by Gasteiger charge is 2.23. The van der Waals surface area contributed by atoms with Crippen molar-refractivity contribution in [3.8, 4) is 0 Å². The van der Waals surface area contributed by atoms with Crippen molar-refractivity contribution in [1.29, 1.82) is 0 Å². The number of halogens is 1. The summed E-state index contributed by atoms with van der Waals surface area (Å²) in [5.41, 5.74) is 4.06. The third-order valence-electron chi connectivity index (χ3n) is 0.870. The number of nitrogens with two attached hydrogens (primary N) is 1. The predicted octanol–water partition coefficient (Wildman–Crippen LogP) is 0.737. The molecule has 1 atom stereocenters. The number of aliphatic carboxylic acids is 1. The highest BCUT2D eigenvalue weighted by atomic mass is 127. The Hall–Kier alpha value is -0.100. The van der Waals surface area contributed by atoms with Crippen LogP contribution in [0.25, 0.3) is 0 Å².